The molecular weight excluding hydrogens is 440 g/mol. The van der Waals surface area contributed by atoms with E-state index in [1.807, 2.05) is 0 Å². The van der Waals surface area contributed by atoms with Gasteiger partial charge in [-0.25, -0.2) is 26.3 Å². The van der Waals surface area contributed by atoms with Gasteiger partial charge in [0.1, 0.15) is 23.4 Å². The highest BCUT2D eigenvalue weighted by Gasteiger charge is 2.44. The lowest BCUT2D eigenvalue weighted by atomic mass is 10.1. The van der Waals surface area contributed by atoms with E-state index in [-0.39, 0.29) is 22.6 Å². The molecule has 0 fully saturated rings. The maximum atomic E-state index is 14.1. The van der Waals surface area contributed by atoms with Gasteiger partial charge >= 0.3 is 5.97 Å². The van der Waals surface area contributed by atoms with Crippen LogP contribution < -0.4 is 9.04 Å². The number of benzene rings is 3. The molecule has 1 unspecified atom stereocenters. The predicted molar refractivity (Wildman–Crippen MR) is 114 cm³/mol. The Kier molecular flexibility index (Phi) is 5.60. The molecule has 9 heteroatoms. The maximum absolute atomic E-state index is 14.1. The second kappa shape index (κ2) is 8.23. The fraction of sp³-hybridized carbons (Fsp3) is 0.174. The summed E-state index contributed by atoms with van der Waals surface area (Å²) < 4.78 is 65.7. The van der Waals surface area contributed by atoms with Gasteiger partial charge in [-0.05, 0) is 41.5 Å². The number of ether oxygens (including phenoxy) is 2. The third-order valence-corrected chi connectivity index (χ3v) is 7.17. The molecule has 0 bridgehead atoms. The Bertz CT molecular complexity index is 1290. The number of carbonyl (C=O) groups excluding carboxylic acids is 1. The Morgan fingerprint density at radius 3 is 2.38 bits per heavy atom. The van der Waals surface area contributed by atoms with E-state index in [0.717, 1.165) is 16.4 Å². The number of nitrogens with zero attached hydrogens (tertiary/aromatic N) is 1. The highest BCUT2D eigenvalue weighted by atomic mass is 32.2. The van der Waals surface area contributed by atoms with Crippen LogP contribution in [0, 0.1) is 11.6 Å². The zero-order chi connectivity index (χ0) is 23.0. The summed E-state index contributed by atoms with van der Waals surface area (Å²) in [5.41, 5.74) is 1.42. The molecule has 1 atom stereocenters. The average Bonchev–Trinajstić information content (AvgIpc) is 3.19. The summed E-state index contributed by atoms with van der Waals surface area (Å²) in [7, 11) is -1.60. The molecule has 0 spiro atoms. The van der Waals surface area contributed by atoms with Gasteiger partial charge in [0.25, 0.3) is 10.0 Å². The number of carbonyl (C=O) groups is 1. The van der Waals surface area contributed by atoms with Crippen molar-refractivity contribution < 1.29 is 31.5 Å². The first-order valence-corrected chi connectivity index (χ1v) is 11.1. The predicted octanol–water partition coefficient (Wildman–Crippen LogP) is 3.93. The molecule has 6 nitrogen and oxygen atoms in total. The monoisotopic (exact) mass is 459 g/mol. The molecule has 3 aromatic carbocycles. The van der Waals surface area contributed by atoms with Crippen LogP contribution in [0.4, 0.5) is 14.5 Å². The van der Waals surface area contributed by atoms with Gasteiger partial charge in [-0.15, -0.1) is 0 Å². The number of anilines is 1. The molecule has 1 aliphatic heterocycles. The number of esters is 1. The molecule has 1 aliphatic rings. The van der Waals surface area contributed by atoms with Crippen molar-refractivity contribution >= 4 is 21.7 Å². The molecule has 4 rings (SSSR count). The number of methoxy groups -OCH3 is 2. The van der Waals surface area contributed by atoms with Gasteiger partial charge in [0, 0.05) is 18.1 Å². The van der Waals surface area contributed by atoms with Crippen LogP contribution in [0.15, 0.2) is 65.6 Å². The van der Waals surface area contributed by atoms with E-state index in [9.17, 15) is 22.0 Å². The Balaban J connectivity index is 1.79. The Morgan fingerprint density at radius 2 is 1.75 bits per heavy atom. The number of hydrogen-bond acceptors (Lipinski definition) is 5. The number of para-hydroxylation sites is 1. The van der Waals surface area contributed by atoms with E-state index in [1.54, 1.807) is 18.2 Å². The smallest absolute Gasteiger partial charge is 0.330 e. The van der Waals surface area contributed by atoms with Gasteiger partial charge < -0.3 is 9.47 Å². The van der Waals surface area contributed by atoms with Crippen molar-refractivity contribution in [1.82, 2.24) is 0 Å². The number of fused-ring (bicyclic) bond motifs is 1. The second-order valence-electron chi connectivity index (χ2n) is 7.16. The summed E-state index contributed by atoms with van der Waals surface area (Å²) in [4.78, 5) is 12.3. The van der Waals surface area contributed by atoms with Crippen molar-refractivity contribution in [2.75, 3.05) is 18.5 Å². The van der Waals surface area contributed by atoms with Crippen molar-refractivity contribution in [3.05, 3.63) is 77.9 Å². The maximum Gasteiger partial charge on any atom is 0.330 e. The first kappa shape index (κ1) is 21.8. The molecule has 0 aromatic heterocycles. The largest absolute Gasteiger partial charge is 0.495 e. The minimum absolute atomic E-state index is 0.101. The van der Waals surface area contributed by atoms with Crippen LogP contribution in [0.2, 0.25) is 0 Å². The number of rotatable bonds is 5. The van der Waals surface area contributed by atoms with Gasteiger partial charge in [-0.2, -0.15) is 0 Å². The lowest BCUT2D eigenvalue weighted by molar-refractivity contribution is -0.141. The Morgan fingerprint density at radius 1 is 1.03 bits per heavy atom. The van der Waals surface area contributed by atoms with E-state index in [0.29, 0.717) is 16.9 Å². The second-order valence-corrected chi connectivity index (χ2v) is 8.98. The molecule has 0 aliphatic carbocycles. The molecule has 32 heavy (non-hydrogen) atoms. The normalized spacial score (nSPS) is 15.4. The lowest BCUT2D eigenvalue weighted by Gasteiger charge is -2.26. The molecule has 1 heterocycles. The molecular formula is C23H19F2NO5S. The van der Waals surface area contributed by atoms with Gasteiger partial charge in [-0.3, -0.25) is 0 Å². The summed E-state index contributed by atoms with van der Waals surface area (Å²) in [6, 6.07) is 12.6. The number of halogens is 2. The molecule has 0 N–H and O–H groups in total. The van der Waals surface area contributed by atoms with Crippen LogP contribution >= 0.6 is 0 Å². The van der Waals surface area contributed by atoms with E-state index >= 15 is 0 Å². The topological polar surface area (TPSA) is 72.9 Å². The zero-order valence-corrected chi connectivity index (χ0v) is 18.0. The van der Waals surface area contributed by atoms with Crippen molar-refractivity contribution in [2.45, 2.75) is 17.4 Å². The molecule has 0 amide bonds. The van der Waals surface area contributed by atoms with E-state index in [4.69, 9.17) is 9.47 Å². The van der Waals surface area contributed by atoms with Crippen molar-refractivity contribution in [1.29, 1.82) is 0 Å². The summed E-state index contributed by atoms with van der Waals surface area (Å²) >= 11 is 0. The molecule has 0 radical (unpaired) electrons. The number of hydrogen-bond donors (Lipinski definition) is 0. The van der Waals surface area contributed by atoms with Gasteiger partial charge in [0.2, 0.25) is 0 Å². The van der Waals surface area contributed by atoms with Crippen LogP contribution in [-0.4, -0.2) is 34.6 Å². The summed E-state index contributed by atoms with van der Waals surface area (Å²) in [5, 5.41) is 0. The van der Waals surface area contributed by atoms with Crippen LogP contribution in [-0.2, 0) is 26.0 Å². The average molecular weight is 459 g/mol. The van der Waals surface area contributed by atoms with E-state index in [1.165, 1.54) is 44.6 Å². The fourth-order valence-electron chi connectivity index (χ4n) is 3.84. The lowest BCUT2D eigenvalue weighted by Crippen LogP contribution is -2.43. The summed E-state index contributed by atoms with van der Waals surface area (Å²) in [6.45, 7) is 0. The van der Waals surface area contributed by atoms with Crippen molar-refractivity contribution in [3.8, 4) is 16.9 Å². The minimum atomic E-state index is -4.21. The highest BCUT2D eigenvalue weighted by Crippen LogP contribution is 2.43. The van der Waals surface area contributed by atoms with Gasteiger partial charge in [-0.1, -0.05) is 24.3 Å². The van der Waals surface area contributed by atoms with Crippen LogP contribution in [0.1, 0.15) is 5.56 Å². The third-order valence-electron chi connectivity index (χ3n) is 5.35. The summed E-state index contributed by atoms with van der Waals surface area (Å²) in [5.74, 6) is -1.86. The zero-order valence-electron chi connectivity index (χ0n) is 17.2. The molecule has 0 saturated carbocycles. The highest BCUT2D eigenvalue weighted by molar-refractivity contribution is 7.93. The molecule has 166 valence electrons. The number of sulfonamides is 1. The van der Waals surface area contributed by atoms with E-state index < -0.39 is 33.7 Å². The van der Waals surface area contributed by atoms with Gasteiger partial charge in [0.05, 0.1) is 24.8 Å². The van der Waals surface area contributed by atoms with Crippen molar-refractivity contribution in [3.63, 3.8) is 0 Å². The molecule has 3 aromatic rings. The third kappa shape index (κ3) is 3.58. The quantitative estimate of drug-likeness (QED) is 0.541. The Hall–Kier alpha value is -3.46. The van der Waals surface area contributed by atoms with Gasteiger partial charge in [0.15, 0.2) is 0 Å². The first-order valence-electron chi connectivity index (χ1n) is 9.61. The Labute approximate surface area is 184 Å². The standard InChI is InChI=1S/C23H19F2NO5S/c1-30-21-5-3-4-15-12-20(23(27)31-2)26(22(15)21)32(28,29)17-9-6-14(7-10-17)18-11-8-16(24)13-19(18)25/h3-11,13,20H,12H2,1-2H3. The van der Waals surface area contributed by atoms with Crippen LogP contribution in [0.25, 0.3) is 11.1 Å². The van der Waals surface area contributed by atoms with E-state index in [2.05, 4.69) is 0 Å². The SMILES string of the molecule is COC(=O)C1Cc2cccc(OC)c2N1S(=O)(=O)c1ccc(-c2ccc(F)cc2F)cc1. The van der Waals surface area contributed by atoms with Crippen molar-refractivity contribution in [2.24, 2.45) is 0 Å². The molecule has 0 saturated heterocycles. The fourth-order valence-corrected chi connectivity index (χ4v) is 5.49. The minimum Gasteiger partial charge on any atom is -0.495 e. The van der Waals surface area contributed by atoms with Crippen LogP contribution in [0.3, 0.4) is 0 Å². The first-order chi connectivity index (χ1) is 15.3. The van der Waals surface area contributed by atoms with Crippen LogP contribution in [0.5, 0.6) is 5.75 Å². The summed E-state index contributed by atoms with van der Waals surface area (Å²) in [6.07, 6.45) is 0.136.